The number of carbonyl (C=O) groups excluding carboxylic acids is 1. The summed E-state index contributed by atoms with van der Waals surface area (Å²) in [4.78, 5) is 14.0. The molecule has 2 saturated heterocycles. The molecule has 164 valence electrons. The zero-order chi connectivity index (χ0) is 21.3. The Morgan fingerprint density at radius 1 is 1.03 bits per heavy atom. The molecule has 0 radical (unpaired) electrons. The minimum atomic E-state index is -0.116. The van der Waals surface area contributed by atoms with Crippen molar-refractivity contribution in [3.63, 3.8) is 0 Å². The lowest BCUT2D eigenvalue weighted by Crippen LogP contribution is -2.39. The van der Waals surface area contributed by atoms with E-state index >= 15 is 0 Å². The molecule has 0 aromatic heterocycles. The van der Waals surface area contributed by atoms with Gasteiger partial charge in [-0.3, -0.25) is 4.79 Å². The summed E-state index contributed by atoms with van der Waals surface area (Å²) in [6, 6.07) is 16.2. The molecule has 1 atom stereocenters. The number of hydrogen-bond donors (Lipinski definition) is 1. The van der Waals surface area contributed by atoms with Crippen molar-refractivity contribution in [2.75, 3.05) is 38.2 Å². The van der Waals surface area contributed by atoms with Crippen LogP contribution in [0.5, 0.6) is 5.75 Å². The molecule has 0 saturated carbocycles. The van der Waals surface area contributed by atoms with E-state index in [9.17, 15) is 4.79 Å². The van der Waals surface area contributed by atoms with Crippen LogP contribution in [0.2, 0.25) is 0 Å². The normalized spacial score (nSPS) is 19.4. The second-order valence-electron chi connectivity index (χ2n) is 7.80. The average molecular weight is 423 g/mol. The summed E-state index contributed by atoms with van der Waals surface area (Å²) in [6.07, 6.45) is 6.61. The highest BCUT2D eigenvalue weighted by Crippen LogP contribution is 2.20. The molecule has 1 unspecified atom stereocenters. The lowest BCUT2D eigenvalue weighted by Gasteiger charge is -2.25. The van der Waals surface area contributed by atoms with Gasteiger partial charge in [0.05, 0.1) is 19.8 Å². The molecule has 1 amide bonds. The minimum absolute atomic E-state index is 0.0352. The topological polar surface area (TPSA) is 60.0 Å². The number of nitrogens with one attached hydrogen (secondary N) is 1. The van der Waals surface area contributed by atoms with Gasteiger partial charge in [-0.2, -0.15) is 0 Å². The maximum absolute atomic E-state index is 12.2. The lowest BCUT2D eigenvalue weighted by molar-refractivity contribution is -0.129. The smallest absolute Gasteiger partial charge is 0.246 e. The van der Waals surface area contributed by atoms with Gasteiger partial charge in [0.2, 0.25) is 5.91 Å². The molecule has 0 bridgehead atoms. The van der Waals surface area contributed by atoms with Crippen LogP contribution >= 0.6 is 0 Å². The molecule has 6 nitrogen and oxygen atoms in total. The Balaban J connectivity index is 1.23. The van der Waals surface area contributed by atoms with Crippen LogP contribution in [0, 0.1) is 0 Å². The highest BCUT2D eigenvalue weighted by Gasteiger charge is 2.15. The number of carbonyl (C=O) groups is 1. The van der Waals surface area contributed by atoms with E-state index in [4.69, 9.17) is 14.2 Å². The molecule has 6 heteroatoms. The number of anilines is 1. The largest absolute Gasteiger partial charge is 0.465 e. The third-order valence-electron chi connectivity index (χ3n) is 5.48. The quantitative estimate of drug-likeness (QED) is 0.682. The van der Waals surface area contributed by atoms with Crippen LogP contribution < -0.4 is 10.1 Å². The summed E-state index contributed by atoms with van der Waals surface area (Å²) in [5, 5.41) is 3.43. The number of nitrogens with zero attached hydrogens (tertiary/aromatic N) is 1. The second kappa shape index (κ2) is 11.0. The van der Waals surface area contributed by atoms with Crippen molar-refractivity contribution in [3.05, 3.63) is 65.7 Å². The van der Waals surface area contributed by atoms with E-state index in [0.717, 1.165) is 49.4 Å². The Kier molecular flexibility index (Phi) is 7.58. The van der Waals surface area contributed by atoms with Gasteiger partial charge in [0, 0.05) is 37.8 Å². The van der Waals surface area contributed by atoms with E-state index < -0.39 is 0 Å². The van der Waals surface area contributed by atoms with Crippen LogP contribution in [0.1, 0.15) is 30.4 Å². The predicted molar refractivity (Wildman–Crippen MR) is 121 cm³/mol. The number of benzene rings is 2. The second-order valence-corrected chi connectivity index (χ2v) is 7.80. The van der Waals surface area contributed by atoms with Crippen LogP contribution in [0.25, 0.3) is 6.08 Å². The van der Waals surface area contributed by atoms with Gasteiger partial charge >= 0.3 is 0 Å². The SMILES string of the molecule is O=C(C=Cc1ccc(NCc2ccc(OC3CCCCO3)cc2)cc1)N1CCOCC1. The van der Waals surface area contributed by atoms with Gasteiger partial charge in [-0.15, -0.1) is 0 Å². The molecule has 31 heavy (non-hydrogen) atoms. The summed E-state index contributed by atoms with van der Waals surface area (Å²) >= 11 is 0. The third kappa shape index (κ3) is 6.57. The maximum Gasteiger partial charge on any atom is 0.246 e. The van der Waals surface area contributed by atoms with Crippen molar-refractivity contribution in [2.45, 2.75) is 32.1 Å². The van der Waals surface area contributed by atoms with Crippen LogP contribution in [0.3, 0.4) is 0 Å². The lowest BCUT2D eigenvalue weighted by atomic mass is 10.1. The first-order valence-electron chi connectivity index (χ1n) is 11.0. The number of morpholine rings is 1. The fraction of sp³-hybridized carbons (Fsp3) is 0.400. The van der Waals surface area contributed by atoms with Crippen molar-refractivity contribution < 1.29 is 19.0 Å². The highest BCUT2D eigenvalue weighted by molar-refractivity contribution is 5.91. The molecule has 0 spiro atoms. The number of ether oxygens (including phenoxy) is 3. The monoisotopic (exact) mass is 422 g/mol. The molecule has 0 aliphatic carbocycles. The standard InChI is InChI=1S/C25H30N2O4/c28-24(27-14-17-29-18-15-27)13-8-20-4-9-22(10-5-20)26-19-21-6-11-23(12-7-21)31-25-3-1-2-16-30-25/h4-13,25-26H,1-3,14-19H2. The van der Waals surface area contributed by atoms with Crippen LogP contribution in [-0.4, -0.2) is 50.0 Å². The molecule has 2 aliphatic heterocycles. The van der Waals surface area contributed by atoms with Gasteiger partial charge in [0.25, 0.3) is 0 Å². The zero-order valence-corrected chi connectivity index (χ0v) is 17.8. The Bertz CT molecular complexity index is 852. The molecule has 2 fully saturated rings. The van der Waals surface area contributed by atoms with Crippen molar-refractivity contribution in [2.24, 2.45) is 0 Å². The minimum Gasteiger partial charge on any atom is -0.465 e. The van der Waals surface area contributed by atoms with Gasteiger partial charge in [0.1, 0.15) is 5.75 Å². The van der Waals surface area contributed by atoms with E-state index in [1.165, 1.54) is 5.56 Å². The van der Waals surface area contributed by atoms with Gasteiger partial charge < -0.3 is 24.4 Å². The summed E-state index contributed by atoms with van der Waals surface area (Å²) in [5.74, 6) is 0.881. The first-order chi connectivity index (χ1) is 15.3. The molecular weight excluding hydrogens is 392 g/mol. The number of amides is 1. The predicted octanol–water partition coefficient (Wildman–Crippen LogP) is 4.08. The summed E-state index contributed by atoms with van der Waals surface area (Å²) in [5.41, 5.74) is 3.21. The van der Waals surface area contributed by atoms with E-state index in [0.29, 0.717) is 26.3 Å². The summed E-state index contributed by atoms with van der Waals surface area (Å²) in [6.45, 7) is 4.06. The average Bonchev–Trinajstić information content (AvgIpc) is 2.84. The van der Waals surface area contributed by atoms with Crippen molar-refractivity contribution in [3.8, 4) is 5.75 Å². The number of rotatable bonds is 7. The summed E-state index contributed by atoms with van der Waals surface area (Å²) < 4.78 is 16.8. The molecule has 1 N–H and O–H groups in total. The first-order valence-corrected chi connectivity index (χ1v) is 11.0. The highest BCUT2D eigenvalue weighted by atomic mass is 16.7. The molecule has 2 heterocycles. The zero-order valence-electron chi connectivity index (χ0n) is 17.8. The van der Waals surface area contributed by atoms with E-state index in [1.807, 2.05) is 47.4 Å². The Hall–Kier alpha value is -2.83. The van der Waals surface area contributed by atoms with Crippen molar-refractivity contribution in [1.29, 1.82) is 0 Å². The fourth-order valence-corrected chi connectivity index (χ4v) is 3.61. The van der Waals surface area contributed by atoms with Crippen LogP contribution in [0.15, 0.2) is 54.6 Å². The van der Waals surface area contributed by atoms with Gasteiger partial charge in [0.15, 0.2) is 6.29 Å². The van der Waals surface area contributed by atoms with E-state index in [1.54, 1.807) is 6.08 Å². The fourth-order valence-electron chi connectivity index (χ4n) is 3.61. The van der Waals surface area contributed by atoms with Gasteiger partial charge in [-0.25, -0.2) is 0 Å². The van der Waals surface area contributed by atoms with Crippen molar-refractivity contribution in [1.82, 2.24) is 4.90 Å². The molecule has 4 rings (SSSR count). The molecule has 2 aliphatic rings. The number of hydrogen-bond acceptors (Lipinski definition) is 5. The Labute approximate surface area is 183 Å². The maximum atomic E-state index is 12.2. The molecular formula is C25H30N2O4. The Morgan fingerprint density at radius 2 is 1.81 bits per heavy atom. The van der Waals surface area contributed by atoms with Gasteiger partial charge in [-0.05, 0) is 54.3 Å². The van der Waals surface area contributed by atoms with E-state index in [2.05, 4.69) is 17.4 Å². The molecule has 2 aromatic carbocycles. The Morgan fingerprint density at radius 3 is 2.52 bits per heavy atom. The molecule has 2 aromatic rings. The van der Waals surface area contributed by atoms with Gasteiger partial charge in [-0.1, -0.05) is 24.3 Å². The van der Waals surface area contributed by atoms with Crippen LogP contribution in [-0.2, 0) is 20.8 Å². The third-order valence-corrected chi connectivity index (χ3v) is 5.48. The first kappa shape index (κ1) is 21.4. The van der Waals surface area contributed by atoms with Crippen LogP contribution in [0.4, 0.5) is 5.69 Å². The van der Waals surface area contributed by atoms with Crippen molar-refractivity contribution >= 4 is 17.7 Å². The summed E-state index contributed by atoms with van der Waals surface area (Å²) in [7, 11) is 0. The van der Waals surface area contributed by atoms with E-state index in [-0.39, 0.29) is 12.2 Å².